The number of methoxy groups -OCH3 is 12. The fourth-order valence-corrected chi connectivity index (χ4v) is 6.42. The van der Waals surface area contributed by atoms with Crippen LogP contribution in [0, 0.1) is 0 Å². The first-order chi connectivity index (χ1) is 44.4. The Morgan fingerprint density at radius 2 is 0.667 bits per heavy atom. The van der Waals surface area contributed by atoms with Crippen LogP contribution in [0.1, 0.15) is 60.7 Å². The van der Waals surface area contributed by atoms with Gasteiger partial charge in [-0.1, -0.05) is 0 Å². The molecule has 2 aromatic carbocycles. The maximum Gasteiger partial charge on any atom is 0.331 e. The topological polar surface area (TPSA) is 449 Å². The fourth-order valence-electron chi connectivity index (χ4n) is 5.71. The van der Waals surface area contributed by atoms with Crippen LogP contribution in [-0.4, -0.2) is 274 Å². The largest absolute Gasteiger partial charge is 0.469 e. The zero-order chi connectivity index (χ0) is 70.6. The Morgan fingerprint density at radius 3 is 0.978 bits per heavy atom. The molecule has 4 amide bonds. The molecule has 0 saturated carbocycles. The van der Waals surface area contributed by atoms with Crippen molar-refractivity contribution in [3.63, 3.8) is 0 Å². The maximum atomic E-state index is 12.3. The third kappa shape index (κ3) is 39.7. The van der Waals surface area contributed by atoms with Crippen molar-refractivity contribution in [2.75, 3.05) is 185 Å². The molecular formula is C54H78N2O36S. The van der Waals surface area contributed by atoms with Crippen LogP contribution in [0.15, 0.2) is 36.4 Å². The number of imide groups is 2. The van der Waals surface area contributed by atoms with Gasteiger partial charge in [-0.05, 0) is 36.4 Å². The second-order valence-electron chi connectivity index (χ2n) is 16.7. The van der Waals surface area contributed by atoms with Crippen LogP contribution in [0.25, 0.3) is 0 Å². The molecule has 2 heterocycles. The van der Waals surface area contributed by atoms with Gasteiger partial charge in [0.15, 0.2) is 41.1 Å². The quantitative estimate of drug-likeness (QED) is 0.0204. The van der Waals surface area contributed by atoms with Crippen molar-refractivity contribution in [2.45, 2.75) is 19.3 Å². The lowest BCUT2D eigenvalue weighted by Crippen LogP contribution is -2.31. The van der Waals surface area contributed by atoms with Crippen molar-refractivity contribution in [1.82, 2.24) is 9.80 Å². The average molecular weight is 1360 g/mol. The molecule has 38 nitrogen and oxygen atoms in total. The molecule has 0 N–H and O–H groups in total. The lowest BCUT2D eigenvalue weighted by molar-refractivity contribution is -0.171. The van der Waals surface area contributed by atoms with Crippen LogP contribution in [0.3, 0.4) is 0 Å². The van der Waals surface area contributed by atoms with E-state index in [1.165, 1.54) is 95.4 Å². The number of Topliss-reactive ketones (excluding diaryl/α,β-unsaturated/α-hetero) is 1. The van der Waals surface area contributed by atoms with Gasteiger partial charge in [-0.2, -0.15) is 0 Å². The Balaban J connectivity index is 0. The summed E-state index contributed by atoms with van der Waals surface area (Å²) in [5.41, 5.74) is 0.995. The summed E-state index contributed by atoms with van der Waals surface area (Å²) in [6, 6.07) is 9.04. The summed E-state index contributed by atoms with van der Waals surface area (Å²) in [5.74, 6) is -7.14. The Hall–Kier alpha value is -8.29. The van der Waals surface area contributed by atoms with Crippen LogP contribution in [0.2, 0.25) is 0 Å². The highest BCUT2D eigenvalue weighted by Gasteiger charge is 2.37. The predicted molar refractivity (Wildman–Crippen MR) is 304 cm³/mol. The van der Waals surface area contributed by atoms with Gasteiger partial charge in [0.25, 0.3) is 23.6 Å². The Labute approximate surface area is 533 Å². The van der Waals surface area contributed by atoms with Gasteiger partial charge in [0.05, 0.1) is 43.6 Å². The zero-order valence-electron chi connectivity index (χ0n) is 53.2. The lowest BCUT2D eigenvalue weighted by Gasteiger charge is -2.11. The third-order valence-electron chi connectivity index (χ3n) is 9.64. The first-order valence-electron chi connectivity index (χ1n) is 25.9. The van der Waals surface area contributed by atoms with Gasteiger partial charge in [0.1, 0.15) is 91.2 Å². The first kappa shape index (κ1) is 86.8. The van der Waals surface area contributed by atoms with E-state index < -0.39 is 107 Å². The van der Waals surface area contributed by atoms with Crippen molar-refractivity contribution in [1.29, 1.82) is 0 Å². The highest BCUT2D eigenvalue weighted by molar-refractivity contribution is 7.91. The van der Waals surface area contributed by atoms with Gasteiger partial charge in [-0.15, -0.1) is 0 Å². The van der Waals surface area contributed by atoms with Crippen molar-refractivity contribution in [2.24, 2.45) is 0 Å². The van der Waals surface area contributed by atoms with E-state index in [0.29, 0.717) is 11.5 Å². The minimum Gasteiger partial charge on any atom is -0.469 e. The minimum atomic E-state index is -3.33. The number of hydrogen-bond donors (Lipinski definition) is 0. The molecule has 2 aliphatic heterocycles. The standard InChI is InChI=1S/C21H18N2O8.C9H12O8.C7H12O6.C7H14O5.C6H14O6S.C4H8O3/c1-28-9-22-18(24)14-5-3-12(7-16(14)20(22)26)30-11-31-13-4-6-15-17(8-13)21(27)23(10-29-2)19(15)25;1-14-6(10)3-8(12)16-5-17-9(13)4-7(11)15-2;1-10-4-12-6(8)3-7(9)13-5-11-2;1-9-5-11-3-7(8)4-12-6-10-2;1-9-3-11-5-13(7,8)6-12-4-10-2;1-6-3-4(5)7-2/h3-8H,9-11H2,1-2H3;3-5H2,1-2H3;3-5H2,1-2H3;3-6H2,1-2H3;3-6H2,1-2H3;3H2,1-2H3. The Morgan fingerprint density at radius 1 is 0.344 bits per heavy atom. The summed E-state index contributed by atoms with van der Waals surface area (Å²) in [6.07, 6.45) is -1.59. The number of carbonyl (C=O) groups is 12. The molecular weight excluding hydrogens is 1280 g/mol. The number of nitrogens with zero attached hydrogens (tertiary/aromatic N) is 2. The van der Waals surface area contributed by atoms with Crippen LogP contribution >= 0.6 is 0 Å². The number of ether oxygens (including phenoxy) is 22. The third-order valence-corrected chi connectivity index (χ3v) is 10.7. The SMILES string of the molecule is COC(=O)CC(=O)OCOC(=O)CC(=O)OC.COCC(=O)OC.COCN1C(=O)c2ccc(OCOc3ccc4c(c3)C(=O)N(COC)C4=O)cc2C1=O.COCOC(=O)CC(=O)OCOC.COCOCC(=O)COCOC.COCOCS(=O)(=O)COCOC. The zero-order valence-corrected chi connectivity index (χ0v) is 54.0. The molecule has 526 valence electrons. The van der Waals surface area contributed by atoms with E-state index in [-0.39, 0.29) is 115 Å². The van der Waals surface area contributed by atoms with E-state index >= 15 is 0 Å². The Bertz CT molecular complexity index is 2580. The molecule has 39 heteroatoms. The van der Waals surface area contributed by atoms with E-state index in [9.17, 15) is 66.0 Å². The van der Waals surface area contributed by atoms with Crippen molar-refractivity contribution in [3.05, 3.63) is 58.7 Å². The molecule has 0 atom stereocenters. The summed E-state index contributed by atoms with van der Waals surface area (Å²) in [5, 5.41) is 0. The van der Waals surface area contributed by atoms with Gasteiger partial charge < -0.3 is 104 Å². The molecule has 2 aliphatic rings. The van der Waals surface area contributed by atoms with E-state index in [4.69, 9.17) is 28.4 Å². The van der Waals surface area contributed by atoms with E-state index in [2.05, 4.69) is 75.8 Å². The number of benzene rings is 2. The normalized spacial score (nSPS) is 11.5. The van der Waals surface area contributed by atoms with E-state index in [0.717, 1.165) is 24.0 Å². The van der Waals surface area contributed by atoms with Crippen LogP contribution < -0.4 is 9.47 Å². The summed E-state index contributed by atoms with van der Waals surface area (Å²) in [4.78, 5) is 136. The minimum absolute atomic E-state index is 0.0115. The molecule has 0 aliphatic carbocycles. The number of carbonyl (C=O) groups excluding carboxylic acids is 12. The number of hydrogen-bond acceptors (Lipinski definition) is 36. The number of esters is 7. The van der Waals surface area contributed by atoms with Gasteiger partial charge >= 0.3 is 41.8 Å². The summed E-state index contributed by atoms with van der Waals surface area (Å²) in [6.45, 7) is -1.30. The second kappa shape index (κ2) is 53.2. The van der Waals surface area contributed by atoms with E-state index in [1.807, 2.05) is 0 Å². The fraction of sp³-hybridized carbons (Fsp3) is 0.556. The number of rotatable bonds is 38. The number of fused-ring (bicyclic) bond motifs is 2. The highest BCUT2D eigenvalue weighted by Crippen LogP contribution is 2.29. The average Bonchev–Trinajstić information content (AvgIpc) is 1.71. The molecule has 2 aromatic rings. The summed E-state index contributed by atoms with van der Waals surface area (Å²) in [7, 11) is 13.0. The number of ketones is 1. The van der Waals surface area contributed by atoms with Gasteiger partial charge in [-0.3, -0.25) is 62.5 Å². The highest BCUT2D eigenvalue weighted by atomic mass is 32.2. The smallest absolute Gasteiger partial charge is 0.331 e. The van der Waals surface area contributed by atoms with Crippen LogP contribution in [0.4, 0.5) is 0 Å². The summed E-state index contributed by atoms with van der Waals surface area (Å²) < 4.78 is 123. The molecule has 4 rings (SSSR count). The van der Waals surface area contributed by atoms with Crippen molar-refractivity contribution >= 4 is 81.0 Å². The van der Waals surface area contributed by atoms with Gasteiger partial charge in [0.2, 0.25) is 13.6 Å². The monoisotopic (exact) mass is 1360 g/mol. The number of amides is 4. The molecule has 0 bridgehead atoms. The summed E-state index contributed by atoms with van der Waals surface area (Å²) >= 11 is 0. The molecule has 0 spiro atoms. The number of sulfone groups is 1. The molecule has 0 fully saturated rings. The Kier molecular flexibility index (Phi) is 49.7. The first-order valence-corrected chi connectivity index (χ1v) is 27.7. The van der Waals surface area contributed by atoms with Crippen LogP contribution in [0.5, 0.6) is 11.5 Å². The lowest BCUT2D eigenvalue weighted by atomic mass is 10.1. The second-order valence-corrected chi connectivity index (χ2v) is 18.6. The molecule has 0 unspecified atom stereocenters. The van der Waals surface area contributed by atoms with Crippen LogP contribution in [-0.2, 0) is 143 Å². The maximum absolute atomic E-state index is 12.3. The molecule has 0 aromatic heterocycles. The van der Waals surface area contributed by atoms with Gasteiger partial charge in [-0.25, -0.2) is 13.2 Å². The molecule has 0 radical (unpaired) electrons. The predicted octanol–water partition coefficient (Wildman–Crippen LogP) is -0.512. The van der Waals surface area contributed by atoms with Gasteiger partial charge in [0, 0.05) is 64.0 Å². The van der Waals surface area contributed by atoms with Crippen molar-refractivity contribution in [3.8, 4) is 11.5 Å². The van der Waals surface area contributed by atoms with Crippen molar-refractivity contribution < 1.29 is 170 Å². The van der Waals surface area contributed by atoms with E-state index in [1.54, 1.807) is 12.1 Å². The molecule has 0 saturated heterocycles. The molecule has 93 heavy (non-hydrogen) atoms.